The van der Waals surface area contributed by atoms with Crippen LogP contribution in [0.25, 0.3) is 0 Å². The first-order valence-electron chi connectivity index (χ1n) is 14.5. The Bertz CT molecular complexity index is 1150. The van der Waals surface area contributed by atoms with Gasteiger partial charge in [0.15, 0.2) is 11.5 Å². The van der Waals surface area contributed by atoms with Crippen LogP contribution >= 0.6 is 0 Å². The molecule has 0 bridgehead atoms. The van der Waals surface area contributed by atoms with Crippen molar-refractivity contribution in [1.29, 1.82) is 0 Å². The smallest absolute Gasteiger partial charge is 0.229 e. The van der Waals surface area contributed by atoms with Gasteiger partial charge in [-0.2, -0.15) is 0 Å². The molecule has 0 aromatic heterocycles. The van der Waals surface area contributed by atoms with Crippen LogP contribution in [0.3, 0.4) is 0 Å². The van der Waals surface area contributed by atoms with Gasteiger partial charge in [-0.1, -0.05) is 43.2 Å². The number of carbonyl (C=O) groups is 2. The third-order valence-corrected chi connectivity index (χ3v) is 9.08. The Kier molecular flexibility index (Phi) is 8.66. The zero-order valence-corrected chi connectivity index (χ0v) is 24.1. The maximum Gasteiger partial charge on any atom is 0.229 e. The molecule has 1 spiro atoms. The fourth-order valence-electron chi connectivity index (χ4n) is 6.93. The van der Waals surface area contributed by atoms with Crippen molar-refractivity contribution < 1.29 is 28.5 Å². The van der Waals surface area contributed by atoms with E-state index in [4.69, 9.17) is 18.9 Å². The molecule has 5 rings (SSSR count). The summed E-state index contributed by atoms with van der Waals surface area (Å²) in [7, 11) is 4.85. The molecule has 1 saturated carbocycles. The van der Waals surface area contributed by atoms with Crippen molar-refractivity contribution in [3.8, 4) is 17.2 Å². The number of benzene rings is 2. The molecule has 2 aromatic carbocycles. The van der Waals surface area contributed by atoms with Crippen molar-refractivity contribution in [3.05, 3.63) is 53.6 Å². The van der Waals surface area contributed by atoms with Gasteiger partial charge in [-0.15, -0.1) is 0 Å². The number of imide groups is 1. The zero-order valence-electron chi connectivity index (χ0n) is 24.1. The Morgan fingerprint density at radius 2 is 1.45 bits per heavy atom. The molecule has 1 atom stereocenters. The summed E-state index contributed by atoms with van der Waals surface area (Å²) in [6.07, 6.45) is 6.85. The minimum absolute atomic E-state index is 0.0165. The largest absolute Gasteiger partial charge is 0.493 e. The van der Waals surface area contributed by atoms with E-state index in [2.05, 4.69) is 17.0 Å². The highest BCUT2D eigenvalue weighted by Gasteiger charge is 2.45. The van der Waals surface area contributed by atoms with Crippen molar-refractivity contribution in [1.82, 2.24) is 9.80 Å². The van der Waals surface area contributed by atoms with Crippen molar-refractivity contribution in [2.75, 3.05) is 54.1 Å². The lowest BCUT2D eigenvalue weighted by atomic mass is 9.76. The van der Waals surface area contributed by atoms with Gasteiger partial charge in [0.05, 0.1) is 27.9 Å². The molecule has 2 aliphatic heterocycles. The molecule has 3 aliphatic rings. The van der Waals surface area contributed by atoms with Gasteiger partial charge in [0.1, 0.15) is 5.60 Å². The summed E-state index contributed by atoms with van der Waals surface area (Å²) in [5, 5.41) is 0. The average molecular weight is 551 g/mol. The fourth-order valence-corrected chi connectivity index (χ4v) is 6.93. The van der Waals surface area contributed by atoms with Crippen LogP contribution in [0.1, 0.15) is 62.5 Å². The summed E-state index contributed by atoms with van der Waals surface area (Å²) in [5.74, 6) is 1.76. The van der Waals surface area contributed by atoms with Gasteiger partial charge in [0, 0.05) is 32.5 Å². The predicted octanol–water partition coefficient (Wildman–Crippen LogP) is 4.78. The molecule has 0 N–H and O–H groups in total. The van der Waals surface area contributed by atoms with Crippen LogP contribution < -0.4 is 14.2 Å². The lowest BCUT2D eigenvalue weighted by molar-refractivity contribution is -0.153. The van der Waals surface area contributed by atoms with Crippen LogP contribution in [0.5, 0.6) is 17.2 Å². The van der Waals surface area contributed by atoms with Gasteiger partial charge in [-0.3, -0.25) is 14.5 Å². The second-order valence-electron chi connectivity index (χ2n) is 11.4. The maximum atomic E-state index is 12.9. The average Bonchev–Trinajstić information content (AvgIpc) is 3.30. The standard InChI is InChI=1S/C32H42N2O6/c1-37-26-20-25(21-27(38-2)30(26)39-3)32(24-10-5-4-6-11-24)14-17-33(18-19-40-32)15-9-16-34-28(35)22-31(23-29(34)36)12-7-8-13-31/h4-6,10-11,20-21H,7-9,12-19,22-23H2,1-3H3. The van der Waals surface area contributed by atoms with Crippen LogP contribution in [0.15, 0.2) is 42.5 Å². The Morgan fingerprint density at radius 1 is 0.800 bits per heavy atom. The number of rotatable bonds is 9. The summed E-state index contributed by atoms with van der Waals surface area (Å²) in [6, 6.07) is 14.2. The number of hydrogen-bond donors (Lipinski definition) is 0. The molecule has 2 heterocycles. The van der Waals surface area contributed by atoms with E-state index in [1.807, 2.05) is 30.3 Å². The van der Waals surface area contributed by atoms with Gasteiger partial charge in [0.2, 0.25) is 17.6 Å². The lowest BCUT2D eigenvalue weighted by Crippen LogP contribution is -2.48. The van der Waals surface area contributed by atoms with Gasteiger partial charge in [-0.05, 0) is 60.9 Å². The molecule has 216 valence electrons. The molecule has 2 aromatic rings. The summed E-state index contributed by atoms with van der Waals surface area (Å²) >= 11 is 0. The van der Waals surface area contributed by atoms with E-state index in [1.54, 1.807) is 21.3 Å². The normalized spacial score (nSPS) is 23.3. The van der Waals surface area contributed by atoms with E-state index in [0.29, 0.717) is 43.2 Å². The first-order chi connectivity index (χ1) is 19.4. The molecule has 8 heteroatoms. The summed E-state index contributed by atoms with van der Waals surface area (Å²) in [4.78, 5) is 29.7. The first-order valence-corrected chi connectivity index (χ1v) is 14.5. The highest BCUT2D eigenvalue weighted by molar-refractivity contribution is 5.98. The number of amides is 2. The Hall–Kier alpha value is -3.10. The number of ether oxygens (including phenoxy) is 4. The number of hydrogen-bond acceptors (Lipinski definition) is 7. The molecule has 40 heavy (non-hydrogen) atoms. The van der Waals surface area contributed by atoms with Crippen molar-refractivity contribution >= 4 is 11.8 Å². The fraction of sp³-hybridized carbons (Fsp3) is 0.562. The minimum atomic E-state index is -0.697. The molecule has 0 radical (unpaired) electrons. The second kappa shape index (κ2) is 12.2. The highest BCUT2D eigenvalue weighted by Crippen LogP contribution is 2.48. The number of carbonyl (C=O) groups excluding carboxylic acids is 2. The second-order valence-corrected chi connectivity index (χ2v) is 11.4. The molecule has 3 fully saturated rings. The van der Waals surface area contributed by atoms with E-state index >= 15 is 0 Å². The molecule has 8 nitrogen and oxygen atoms in total. The topological polar surface area (TPSA) is 77.5 Å². The Balaban J connectivity index is 1.30. The lowest BCUT2D eigenvalue weighted by Gasteiger charge is -2.37. The van der Waals surface area contributed by atoms with Crippen LogP contribution in [-0.4, -0.2) is 75.7 Å². The zero-order chi connectivity index (χ0) is 28.2. The summed E-state index contributed by atoms with van der Waals surface area (Å²) < 4.78 is 23.6. The van der Waals surface area contributed by atoms with E-state index in [-0.39, 0.29) is 17.2 Å². The Labute approximate surface area is 237 Å². The third-order valence-electron chi connectivity index (χ3n) is 9.08. The molecule has 1 aliphatic carbocycles. The van der Waals surface area contributed by atoms with E-state index in [1.165, 1.54) is 4.90 Å². The number of piperidine rings is 1. The monoisotopic (exact) mass is 550 g/mol. The SMILES string of the molecule is COc1cc(C2(c3ccccc3)CCN(CCCN3C(=O)CC4(CCCC4)CC3=O)CCO2)cc(OC)c1OC. The first kappa shape index (κ1) is 28.4. The number of likely N-dealkylation sites (tertiary alicyclic amines) is 1. The van der Waals surface area contributed by atoms with Crippen molar-refractivity contribution in [3.63, 3.8) is 0 Å². The van der Waals surface area contributed by atoms with Crippen LogP contribution in [0.2, 0.25) is 0 Å². The van der Waals surface area contributed by atoms with Gasteiger partial charge in [0.25, 0.3) is 0 Å². The van der Waals surface area contributed by atoms with E-state index < -0.39 is 5.60 Å². The highest BCUT2D eigenvalue weighted by atomic mass is 16.5. The molecule has 2 amide bonds. The number of methoxy groups -OCH3 is 3. The summed E-state index contributed by atoms with van der Waals surface area (Å²) in [5.41, 5.74) is 1.26. The molecule has 1 unspecified atom stereocenters. The minimum Gasteiger partial charge on any atom is -0.493 e. The Morgan fingerprint density at radius 3 is 2.05 bits per heavy atom. The van der Waals surface area contributed by atoms with Gasteiger partial charge in [-0.25, -0.2) is 0 Å². The van der Waals surface area contributed by atoms with Crippen LogP contribution in [-0.2, 0) is 19.9 Å². The van der Waals surface area contributed by atoms with Gasteiger partial charge < -0.3 is 23.8 Å². The molecular formula is C32H42N2O6. The number of nitrogens with zero attached hydrogens (tertiary/aromatic N) is 2. The van der Waals surface area contributed by atoms with Crippen molar-refractivity contribution in [2.45, 2.75) is 57.0 Å². The molecular weight excluding hydrogens is 508 g/mol. The van der Waals surface area contributed by atoms with E-state index in [0.717, 1.165) is 69.3 Å². The quantitative estimate of drug-likeness (QED) is 0.416. The third kappa shape index (κ3) is 5.56. The van der Waals surface area contributed by atoms with Crippen molar-refractivity contribution in [2.24, 2.45) is 5.41 Å². The van der Waals surface area contributed by atoms with Crippen LogP contribution in [0, 0.1) is 5.41 Å². The van der Waals surface area contributed by atoms with Crippen LogP contribution in [0.4, 0.5) is 0 Å². The molecule has 2 saturated heterocycles. The van der Waals surface area contributed by atoms with Gasteiger partial charge >= 0.3 is 0 Å². The van der Waals surface area contributed by atoms with E-state index in [9.17, 15) is 9.59 Å². The summed E-state index contributed by atoms with van der Waals surface area (Å²) in [6.45, 7) is 3.39. The maximum absolute atomic E-state index is 12.9. The predicted molar refractivity (Wildman–Crippen MR) is 152 cm³/mol.